The van der Waals surface area contributed by atoms with Crippen LogP contribution in [0.25, 0.3) is 5.57 Å². The minimum Gasteiger partial charge on any atom is -0.480 e. The SMILES string of the molecule is CC1=C(C[C@H](N)C(=O)O)c2ccccc2[N]1. The van der Waals surface area contributed by atoms with Gasteiger partial charge in [0.25, 0.3) is 0 Å². The van der Waals surface area contributed by atoms with Gasteiger partial charge in [-0.3, -0.25) is 10.1 Å². The lowest BCUT2D eigenvalue weighted by Gasteiger charge is -2.08. The van der Waals surface area contributed by atoms with Gasteiger partial charge < -0.3 is 10.8 Å². The zero-order valence-corrected chi connectivity index (χ0v) is 8.97. The summed E-state index contributed by atoms with van der Waals surface area (Å²) < 4.78 is 0. The van der Waals surface area contributed by atoms with Crippen molar-refractivity contribution in [3.8, 4) is 0 Å². The molecule has 0 bridgehead atoms. The van der Waals surface area contributed by atoms with Crippen molar-refractivity contribution in [2.24, 2.45) is 5.73 Å². The molecule has 1 aliphatic heterocycles. The molecule has 2 rings (SSSR count). The van der Waals surface area contributed by atoms with E-state index in [-0.39, 0.29) is 0 Å². The zero-order valence-electron chi connectivity index (χ0n) is 8.97. The third-order valence-corrected chi connectivity index (χ3v) is 2.70. The Balaban J connectivity index is 2.28. The number of fused-ring (bicyclic) bond motifs is 1. The maximum absolute atomic E-state index is 10.7. The third kappa shape index (κ3) is 1.79. The number of nitrogens with two attached hydrogens (primary N) is 1. The number of carbonyl (C=O) groups is 1. The second-order valence-corrected chi connectivity index (χ2v) is 3.84. The molecule has 1 aromatic carbocycles. The smallest absolute Gasteiger partial charge is 0.320 e. The quantitative estimate of drug-likeness (QED) is 0.804. The minimum atomic E-state index is -0.982. The number of carboxylic acid groups (broad SMARTS) is 1. The van der Waals surface area contributed by atoms with Crippen LogP contribution in [0.15, 0.2) is 30.0 Å². The fourth-order valence-electron chi connectivity index (χ4n) is 1.83. The van der Waals surface area contributed by atoms with Crippen molar-refractivity contribution >= 4 is 17.2 Å². The van der Waals surface area contributed by atoms with Gasteiger partial charge in [-0.2, -0.15) is 0 Å². The summed E-state index contributed by atoms with van der Waals surface area (Å²) in [6.45, 7) is 1.88. The topological polar surface area (TPSA) is 77.4 Å². The standard InChI is InChI=1S/C12H13N2O2/c1-7-9(6-10(13)12(15)16)8-4-2-3-5-11(8)14-7/h2-5,10H,6,13H2,1H3,(H,15,16)/t10-/m0/s1. The van der Waals surface area contributed by atoms with Gasteiger partial charge in [-0.15, -0.1) is 0 Å². The lowest BCUT2D eigenvalue weighted by molar-refractivity contribution is -0.138. The van der Waals surface area contributed by atoms with Crippen molar-refractivity contribution in [2.45, 2.75) is 19.4 Å². The molecule has 4 nitrogen and oxygen atoms in total. The van der Waals surface area contributed by atoms with Crippen molar-refractivity contribution in [2.75, 3.05) is 0 Å². The van der Waals surface area contributed by atoms with E-state index >= 15 is 0 Å². The molecular weight excluding hydrogens is 204 g/mol. The van der Waals surface area contributed by atoms with Gasteiger partial charge in [0, 0.05) is 17.7 Å². The molecule has 1 atom stereocenters. The van der Waals surface area contributed by atoms with E-state index in [0.29, 0.717) is 6.42 Å². The van der Waals surface area contributed by atoms with Gasteiger partial charge in [0.2, 0.25) is 0 Å². The Morgan fingerprint density at radius 2 is 2.19 bits per heavy atom. The molecule has 4 heteroatoms. The van der Waals surface area contributed by atoms with Crippen LogP contribution in [0.2, 0.25) is 0 Å². The van der Waals surface area contributed by atoms with Crippen LogP contribution >= 0.6 is 0 Å². The van der Waals surface area contributed by atoms with Gasteiger partial charge in [0.1, 0.15) is 6.04 Å². The summed E-state index contributed by atoms with van der Waals surface area (Å²) in [5.74, 6) is -0.982. The van der Waals surface area contributed by atoms with E-state index in [0.717, 1.165) is 22.5 Å². The lowest BCUT2D eigenvalue weighted by Crippen LogP contribution is -2.30. The number of rotatable bonds is 3. The summed E-state index contributed by atoms with van der Waals surface area (Å²) in [4.78, 5) is 10.7. The zero-order chi connectivity index (χ0) is 11.7. The van der Waals surface area contributed by atoms with E-state index in [2.05, 4.69) is 5.32 Å². The van der Waals surface area contributed by atoms with Gasteiger partial charge in [0.05, 0.1) is 5.69 Å². The number of hydrogen-bond donors (Lipinski definition) is 2. The second-order valence-electron chi connectivity index (χ2n) is 3.84. The van der Waals surface area contributed by atoms with Crippen LogP contribution in [0.1, 0.15) is 18.9 Å². The van der Waals surface area contributed by atoms with Crippen molar-refractivity contribution in [3.05, 3.63) is 35.5 Å². The first-order valence-electron chi connectivity index (χ1n) is 5.09. The Morgan fingerprint density at radius 3 is 2.88 bits per heavy atom. The van der Waals surface area contributed by atoms with Crippen LogP contribution < -0.4 is 11.1 Å². The molecule has 1 aromatic rings. The highest BCUT2D eigenvalue weighted by atomic mass is 16.4. The maximum Gasteiger partial charge on any atom is 0.320 e. The lowest BCUT2D eigenvalue weighted by atomic mass is 9.99. The van der Waals surface area contributed by atoms with Gasteiger partial charge >= 0.3 is 5.97 Å². The molecule has 0 amide bonds. The number of nitrogens with zero attached hydrogens (tertiary/aromatic N) is 1. The van der Waals surface area contributed by atoms with Crippen LogP contribution in [0.5, 0.6) is 0 Å². The van der Waals surface area contributed by atoms with Crippen LogP contribution in [0.3, 0.4) is 0 Å². The highest BCUT2D eigenvalue weighted by molar-refractivity contribution is 5.85. The molecular formula is C12H13N2O2. The molecule has 0 aromatic heterocycles. The van der Waals surface area contributed by atoms with Crippen LogP contribution in [0.4, 0.5) is 5.69 Å². The Kier molecular flexibility index (Phi) is 2.66. The van der Waals surface area contributed by atoms with E-state index < -0.39 is 12.0 Å². The maximum atomic E-state index is 10.7. The second kappa shape index (κ2) is 3.98. The van der Waals surface area contributed by atoms with Gasteiger partial charge in [-0.25, -0.2) is 0 Å². The molecule has 1 radical (unpaired) electrons. The summed E-state index contributed by atoms with van der Waals surface area (Å²) in [5.41, 5.74) is 9.23. The van der Waals surface area contributed by atoms with Crippen LogP contribution in [-0.4, -0.2) is 17.1 Å². The predicted molar refractivity (Wildman–Crippen MR) is 61.1 cm³/mol. The Bertz CT molecular complexity index is 466. The molecule has 0 saturated carbocycles. The Hall–Kier alpha value is -1.81. The summed E-state index contributed by atoms with van der Waals surface area (Å²) in [5, 5.41) is 13.2. The van der Waals surface area contributed by atoms with E-state index in [9.17, 15) is 4.79 Å². The van der Waals surface area contributed by atoms with E-state index in [1.165, 1.54) is 0 Å². The van der Waals surface area contributed by atoms with E-state index in [1.807, 2.05) is 31.2 Å². The molecule has 83 valence electrons. The molecule has 1 heterocycles. The summed E-state index contributed by atoms with van der Waals surface area (Å²) in [6, 6.07) is 6.82. The number of para-hydroxylation sites is 1. The van der Waals surface area contributed by atoms with Gasteiger partial charge in [-0.1, -0.05) is 18.2 Å². The molecule has 3 N–H and O–H groups in total. The number of aliphatic carboxylic acids is 1. The minimum absolute atomic E-state index is 0.321. The molecule has 0 aliphatic carbocycles. The first-order valence-corrected chi connectivity index (χ1v) is 5.09. The number of carboxylic acids is 1. The van der Waals surface area contributed by atoms with Crippen LogP contribution in [-0.2, 0) is 4.79 Å². The number of allylic oxidation sites excluding steroid dienone is 1. The molecule has 0 saturated heterocycles. The summed E-state index contributed by atoms with van der Waals surface area (Å²) >= 11 is 0. The molecule has 1 aliphatic rings. The van der Waals surface area contributed by atoms with E-state index in [4.69, 9.17) is 10.8 Å². The van der Waals surface area contributed by atoms with Gasteiger partial charge in [-0.05, 0) is 18.6 Å². The summed E-state index contributed by atoms with van der Waals surface area (Å²) in [7, 11) is 0. The summed E-state index contributed by atoms with van der Waals surface area (Å²) in [6.07, 6.45) is 0.321. The predicted octanol–water partition coefficient (Wildman–Crippen LogP) is 1.47. The molecule has 0 spiro atoms. The highest BCUT2D eigenvalue weighted by Crippen LogP contribution is 2.36. The monoisotopic (exact) mass is 217 g/mol. The molecule has 16 heavy (non-hydrogen) atoms. The average Bonchev–Trinajstić information content (AvgIpc) is 2.55. The molecule has 0 unspecified atom stereocenters. The molecule has 0 fully saturated rings. The first kappa shape index (κ1) is 10.7. The van der Waals surface area contributed by atoms with Crippen molar-refractivity contribution in [1.82, 2.24) is 5.32 Å². The number of hydrogen-bond acceptors (Lipinski definition) is 2. The van der Waals surface area contributed by atoms with Crippen molar-refractivity contribution in [1.29, 1.82) is 0 Å². The van der Waals surface area contributed by atoms with Gasteiger partial charge in [0.15, 0.2) is 0 Å². The highest BCUT2D eigenvalue weighted by Gasteiger charge is 2.23. The van der Waals surface area contributed by atoms with Crippen molar-refractivity contribution < 1.29 is 9.90 Å². The van der Waals surface area contributed by atoms with Crippen molar-refractivity contribution in [3.63, 3.8) is 0 Å². The normalized spacial score (nSPS) is 15.6. The third-order valence-electron chi connectivity index (χ3n) is 2.70. The largest absolute Gasteiger partial charge is 0.480 e. The first-order chi connectivity index (χ1) is 7.59. The van der Waals surface area contributed by atoms with Crippen LogP contribution in [0, 0.1) is 0 Å². The van der Waals surface area contributed by atoms with E-state index in [1.54, 1.807) is 0 Å². The Labute approximate surface area is 93.8 Å². The fourth-order valence-corrected chi connectivity index (χ4v) is 1.83. The average molecular weight is 217 g/mol. The fraction of sp³-hybridized carbons (Fsp3) is 0.250. The number of benzene rings is 1. The Morgan fingerprint density at radius 1 is 1.50 bits per heavy atom.